The average molecular weight is 465 g/mol. The number of likely N-dealkylation sites (N-methyl/N-ethyl adjacent to an activating group) is 1. The molecule has 0 amide bonds. The van der Waals surface area contributed by atoms with Crippen molar-refractivity contribution in [1.82, 2.24) is 20.5 Å². The molecule has 5 nitrogen and oxygen atoms in total. The maximum Gasteiger partial charge on any atom is 0.191 e. The van der Waals surface area contributed by atoms with Crippen LogP contribution in [-0.2, 0) is 12.0 Å². The highest BCUT2D eigenvalue weighted by atomic mass is 127. The van der Waals surface area contributed by atoms with E-state index in [4.69, 9.17) is 4.98 Å². The Morgan fingerprint density at radius 2 is 2.17 bits per heavy atom. The van der Waals surface area contributed by atoms with E-state index in [1.165, 1.54) is 24.4 Å². The van der Waals surface area contributed by atoms with Crippen molar-refractivity contribution in [3.8, 4) is 0 Å². The second-order valence-corrected chi connectivity index (χ2v) is 7.98. The molecule has 7 heteroatoms. The van der Waals surface area contributed by atoms with Gasteiger partial charge in [-0.15, -0.1) is 35.3 Å². The molecular weight excluding hydrogens is 433 g/mol. The van der Waals surface area contributed by atoms with Gasteiger partial charge >= 0.3 is 0 Å². The Labute approximate surface area is 167 Å². The summed E-state index contributed by atoms with van der Waals surface area (Å²) in [5.41, 5.74) is 1.20. The van der Waals surface area contributed by atoms with Gasteiger partial charge in [-0.25, -0.2) is 4.98 Å². The summed E-state index contributed by atoms with van der Waals surface area (Å²) in [7, 11) is 1.82. The Hall–Kier alpha value is -0.410. The lowest BCUT2D eigenvalue weighted by Crippen LogP contribution is -2.44. The van der Waals surface area contributed by atoms with Gasteiger partial charge in [0.25, 0.3) is 0 Å². The summed E-state index contributed by atoms with van der Waals surface area (Å²) in [5.74, 6) is 0.860. The predicted octanol–water partition coefficient (Wildman–Crippen LogP) is 3.21. The molecule has 1 saturated heterocycles. The zero-order valence-electron chi connectivity index (χ0n) is 15.6. The molecule has 2 heterocycles. The minimum Gasteiger partial charge on any atom is -0.355 e. The second kappa shape index (κ2) is 9.91. The Bertz CT molecular complexity index is 523. The van der Waals surface area contributed by atoms with Gasteiger partial charge in [-0.3, -0.25) is 9.89 Å². The predicted molar refractivity (Wildman–Crippen MR) is 115 cm³/mol. The van der Waals surface area contributed by atoms with Crippen molar-refractivity contribution in [3.63, 3.8) is 0 Å². The monoisotopic (exact) mass is 465 g/mol. The lowest BCUT2D eigenvalue weighted by Gasteiger charge is -2.23. The van der Waals surface area contributed by atoms with Crippen LogP contribution >= 0.6 is 35.3 Å². The first-order chi connectivity index (χ1) is 10.9. The summed E-state index contributed by atoms with van der Waals surface area (Å²) in [6, 6.07) is 0.630. The molecule has 0 aromatic carbocycles. The standard InChI is InChI=1S/C17H31N5S.HI/c1-6-22-9-7-8-14(22)11-20-16(18-5)19-10-13-12-23-15(21-13)17(2,3)4;/h12,14H,6-11H2,1-5H3,(H2,18,19,20);1H. The molecule has 0 aliphatic carbocycles. The third kappa shape index (κ3) is 6.15. The molecule has 2 N–H and O–H groups in total. The topological polar surface area (TPSA) is 52.5 Å². The number of guanidine groups is 1. The van der Waals surface area contributed by atoms with E-state index in [9.17, 15) is 0 Å². The van der Waals surface area contributed by atoms with E-state index in [-0.39, 0.29) is 29.4 Å². The van der Waals surface area contributed by atoms with Crippen molar-refractivity contribution in [2.45, 2.75) is 58.5 Å². The van der Waals surface area contributed by atoms with Gasteiger partial charge in [-0.05, 0) is 25.9 Å². The molecule has 24 heavy (non-hydrogen) atoms. The van der Waals surface area contributed by atoms with Gasteiger partial charge in [-0.1, -0.05) is 27.7 Å². The quantitative estimate of drug-likeness (QED) is 0.399. The number of hydrogen-bond donors (Lipinski definition) is 2. The van der Waals surface area contributed by atoms with Crippen LogP contribution in [0.25, 0.3) is 0 Å². The van der Waals surface area contributed by atoms with Crippen LogP contribution in [0.2, 0.25) is 0 Å². The van der Waals surface area contributed by atoms with E-state index < -0.39 is 0 Å². The van der Waals surface area contributed by atoms with E-state index in [1.54, 1.807) is 11.3 Å². The van der Waals surface area contributed by atoms with Gasteiger partial charge < -0.3 is 10.6 Å². The number of hydrogen-bond acceptors (Lipinski definition) is 4. The smallest absolute Gasteiger partial charge is 0.191 e. The van der Waals surface area contributed by atoms with Gasteiger partial charge in [0.05, 0.1) is 17.2 Å². The Morgan fingerprint density at radius 1 is 1.42 bits per heavy atom. The van der Waals surface area contributed by atoms with Gasteiger partial charge in [0.15, 0.2) is 5.96 Å². The third-order valence-electron chi connectivity index (χ3n) is 4.26. The fourth-order valence-electron chi connectivity index (χ4n) is 2.88. The molecule has 1 fully saturated rings. The van der Waals surface area contributed by atoms with Crippen LogP contribution in [0.15, 0.2) is 10.4 Å². The number of rotatable bonds is 5. The van der Waals surface area contributed by atoms with Crippen molar-refractivity contribution < 1.29 is 0 Å². The Kier molecular flexibility index (Phi) is 8.94. The van der Waals surface area contributed by atoms with E-state index >= 15 is 0 Å². The number of thiazole rings is 1. The molecule has 0 radical (unpaired) electrons. The van der Waals surface area contributed by atoms with Gasteiger partial charge in [-0.2, -0.15) is 0 Å². The first kappa shape index (κ1) is 21.6. The SMILES string of the molecule is CCN1CCCC1CNC(=NC)NCc1csc(C(C)(C)C)n1.I. The van der Waals surface area contributed by atoms with Crippen molar-refractivity contribution in [2.24, 2.45) is 4.99 Å². The van der Waals surface area contributed by atoms with Crippen LogP contribution in [0.1, 0.15) is 51.2 Å². The van der Waals surface area contributed by atoms with Gasteiger partial charge in [0.2, 0.25) is 0 Å². The number of aromatic nitrogens is 1. The van der Waals surface area contributed by atoms with Crippen LogP contribution in [0, 0.1) is 0 Å². The molecule has 2 rings (SSSR count). The highest BCUT2D eigenvalue weighted by Gasteiger charge is 2.23. The third-order valence-corrected chi connectivity index (χ3v) is 5.58. The molecule has 1 aromatic heterocycles. The fourth-order valence-corrected chi connectivity index (χ4v) is 3.79. The molecule has 1 aliphatic heterocycles. The zero-order chi connectivity index (χ0) is 16.9. The minimum atomic E-state index is 0. The van der Waals surface area contributed by atoms with Crippen LogP contribution in [0.4, 0.5) is 0 Å². The summed E-state index contributed by atoms with van der Waals surface area (Å²) >= 11 is 1.73. The molecule has 0 spiro atoms. The van der Waals surface area contributed by atoms with E-state index in [2.05, 4.69) is 53.6 Å². The number of likely N-dealkylation sites (tertiary alicyclic amines) is 1. The maximum atomic E-state index is 4.72. The summed E-state index contributed by atoms with van der Waals surface area (Å²) in [4.78, 5) is 11.6. The van der Waals surface area contributed by atoms with Crippen LogP contribution in [0.5, 0.6) is 0 Å². The first-order valence-corrected chi connectivity index (χ1v) is 9.45. The normalized spacial score (nSPS) is 19.2. The largest absolute Gasteiger partial charge is 0.355 e. The van der Waals surface area contributed by atoms with Crippen molar-refractivity contribution in [3.05, 3.63) is 16.1 Å². The van der Waals surface area contributed by atoms with Crippen LogP contribution < -0.4 is 10.6 Å². The lowest BCUT2D eigenvalue weighted by molar-refractivity contribution is 0.267. The van der Waals surface area contributed by atoms with E-state index in [0.29, 0.717) is 12.6 Å². The fraction of sp³-hybridized carbons (Fsp3) is 0.765. The van der Waals surface area contributed by atoms with E-state index in [1.807, 2.05) is 7.05 Å². The van der Waals surface area contributed by atoms with Gasteiger partial charge in [0, 0.05) is 30.4 Å². The lowest BCUT2D eigenvalue weighted by atomic mass is 9.98. The molecular formula is C17H32IN5S. The highest BCUT2D eigenvalue weighted by Crippen LogP contribution is 2.25. The number of aliphatic imine (C=N–C) groups is 1. The summed E-state index contributed by atoms with van der Waals surface area (Å²) in [6.45, 7) is 12.9. The van der Waals surface area contributed by atoms with Crippen LogP contribution in [-0.4, -0.2) is 48.6 Å². The van der Waals surface area contributed by atoms with Crippen molar-refractivity contribution in [2.75, 3.05) is 26.7 Å². The Balaban J connectivity index is 0.00000288. The number of nitrogens with one attached hydrogen (secondary N) is 2. The zero-order valence-corrected chi connectivity index (χ0v) is 18.7. The molecule has 1 unspecified atom stereocenters. The number of nitrogens with zero attached hydrogens (tertiary/aromatic N) is 3. The summed E-state index contributed by atoms with van der Waals surface area (Å²) in [5, 5.41) is 10.1. The molecule has 138 valence electrons. The molecule has 1 atom stereocenters. The number of halogens is 1. The van der Waals surface area contributed by atoms with Gasteiger partial charge in [0.1, 0.15) is 0 Å². The molecule has 1 aliphatic rings. The second-order valence-electron chi connectivity index (χ2n) is 7.13. The first-order valence-electron chi connectivity index (χ1n) is 8.57. The van der Waals surface area contributed by atoms with Crippen LogP contribution in [0.3, 0.4) is 0 Å². The average Bonchev–Trinajstić information content (AvgIpc) is 3.15. The highest BCUT2D eigenvalue weighted by molar-refractivity contribution is 14.0. The minimum absolute atomic E-state index is 0. The Morgan fingerprint density at radius 3 is 2.75 bits per heavy atom. The van der Waals surface area contributed by atoms with E-state index in [0.717, 1.165) is 24.7 Å². The maximum absolute atomic E-state index is 4.72. The van der Waals surface area contributed by atoms with Crippen molar-refractivity contribution >= 4 is 41.3 Å². The summed E-state index contributed by atoms with van der Waals surface area (Å²) in [6.07, 6.45) is 2.58. The molecule has 0 saturated carbocycles. The molecule has 1 aromatic rings. The van der Waals surface area contributed by atoms with Crippen molar-refractivity contribution in [1.29, 1.82) is 0 Å². The molecule has 0 bridgehead atoms. The summed E-state index contributed by atoms with van der Waals surface area (Å²) < 4.78 is 0.